The highest BCUT2D eigenvalue weighted by Gasteiger charge is 2.36. The molecule has 1 aromatic rings. The Morgan fingerprint density at radius 3 is 2.60 bits per heavy atom. The monoisotopic (exact) mass is 386 g/mol. The minimum atomic E-state index is 0.00278. The number of aromatic hydroxyl groups is 1. The van der Waals surface area contributed by atoms with Crippen LogP contribution in [0.2, 0.25) is 0 Å². The Hall–Kier alpha value is -0.820. The molecule has 5 heteroatoms. The number of nitrogens with zero attached hydrogens (tertiary/aromatic N) is 1. The number of carbonyl (C=O) groups is 1. The van der Waals surface area contributed by atoms with Crippen molar-refractivity contribution in [2.24, 2.45) is 0 Å². The van der Waals surface area contributed by atoms with Crippen LogP contribution in [-0.4, -0.2) is 41.1 Å². The van der Waals surface area contributed by atoms with Gasteiger partial charge in [0.15, 0.2) is 0 Å². The van der Waals surface area contributed by atoms with Crippen LogP contribution in [0, 0.1) is 3.57 Å². The average molecular weight is 386 g/mol. The molecule has 1 aromatic carbocycles. The summed E-state index contributed by atoms with van der Waals surface area (Å²) in [5, 5.41) is 13.3. The minimum absolute atomic E-state index is 0.00278. The van der Waals surface area contributed by atoms with E-state index in [1.54, 1.807) is 18.2 Å². The second-order valence-electron chi connectivity index (χ2n) is 5.85. The number of carbonyl (C=O) groups excluding carboxylic acids is 1. The molecule has 0 aliphatic carbocycles. The molecule has 2 N–H and O–H groups in total. The molecule has 2 unspecified atom stereocenters. The van der Waals surface area contributed by atoms with Crippen LogP contribution in [0.5, 0.6) is 5.75 Å². The summed E-state index contributed by atoms with van der Waals surface area (Å²) in [6, 6.07) is 6.58. The summed E-state index contributed by atoms with van der Waals surface area (Å²) in [6.45, 7) is 0. The topological polar surface area (TPSA) is 52.6 Å². The third kappa shape index (κ3) is 2.65. The van der Waals surface area contributed by atoms with Crippen molar-refractivity contribution in [1.82, 2.24) is 10.2 Å². The lowest BCUT2D eigenvalue weighted by Gasteiger charge is -2.35. The minimum Gasteiger partial charge on any atom is -0.507 e. The van der Waals surface area contributed by atoms with E-state index in [1.807, 2.05) is 11.9 Å². The van der Waals surface area contributed by atoms with Crippen molar-refractivity contribution in [3.05, 3.63) is 27.3 Å². The van der Waals surface area contributed by atoms with E-state index < -0.39 is 0 Å². The van der Waals surface area contributed by atoms with E-state index in [1.165, 1.54) is 12.8 Å². The molecule has 2 fully saturated rings. The van der Waals surface area contributed by atoms with Gasteiger partial charge in [-0.2, -0.15) is 0 Å². The molecule has 2 aliphatic rings. The predicted molar refractivity (Wildman–Crippen MR) is 85.9 cm³/mol. The SMILES string of the molecule is CN(C(=O)c1ccc(I)c(O)c1)C1CC2CCC(C1)N2. The molecule has 3 rings (SSSR count). The summed E-state index contributed by atoms with van der Waals surface area (Å²) < 4.78 is 0.765. The maximum Gasteiger partial charge on any atom is 0.253 e. The standard InChI is InChI=1S/C15H19IN2O2/c1-18(12-7-10-3-4-11(8-12)17-10)15(20)9-2-5-13(16)14(19)6-9/h2,5-6,10-12,17,19H,3-4,7-8H2,1H3. The summed E-state index contributed by atoms with van der Waals surface area (Å²) in [7, 11) is 1.88. The number of rotatable bonds is 2. The van der Waals surface area contributed by atoms with Crippen LogP contribution in [0.4, 0.5) is 0 Å². The van der Waals surface area contributed by atoms with Gasteiger partial charge in [0.05, 0.1) is 3.57 Å². The van der Waals surface area contributed by atoms with Crippen LogP contribution >= 0.6 is 22.6 Å². The van der Waals surface area contributed by atoms with Crippen LogP contribution < -0.4 is 5.32 Å². The summed E-state index contributed by atoms with van der Waals surface area (Å²) >= 11 is 2.06. The van der Waals surface area contributed by atoms with Crippen molar-refractivity contribution in [3.63, 3.8) is 0 Å². The number of phenols is 1. The number of hydrogen-bond donors (Lipinski definition) is 2. The maximum absolute atomic E-state index is 12.5. The normalized spacial score (nSPS) is 28.4. The van der Waals surface area contributed by atoms with Crippen molar-refractivity contribution in [2.75, 3.05) is 7.05 Å². The van der Waals surface area contributed by atoms with Gasteiger partial charge in [0, 0.05) is 30.7 Å². The Labute approximate surface area is 132 Å². The summed E-state index contributed by atoms with van der Waals surface area (Å²) in [5.41, 5.74) is 0.566. The number of amides is 1. The Kier molecular flexibility index (Phi) is 3.90. The molecule has 2 bridgehead atoms. The lowest BCUT2D eigenvalue weighted by Crippen LogP contribution is -2.48. The molecule has 2 atom stereocenters. The Morgan fingerprint density at radius 1 is 1.35 bits per heavy atom. The Morgan fingerprint density at radius 2 is 2.00 bits per heavy atom. The van der Waals surface area contributed by atoms with Gasteiger partial charge < -0.3 is 15.3 Å². The van der Waals surface area contributed by atoms with E-state index in [2.05, 4.69) is 27.9 Å². The first-order valence-corrected chi connectivity index (χ1v) is 8.14. The molecule has 2 saturated heterocycles. The molecule has 2 heterocycles. The third-order valence-electron chi connectivity index (χ3n) is 4.51. The molecular weight excluding hydrogens is 367 g/mol. The maximum atomic E-state index is 12.5. The second-order valence-corrected chi connectivity index (χ2v) is 7.01. The number of nitrogens with one attached hydrogen (secondary N) is 1. The highest BCUT2D eigenvalue weighted by molar-refractivity contribution is 14.1. The van der Waals surface area contributed by atoms with E-state index in [0.717, 1.165) is 16.4 Å². The molecule has 0 radical (unpaired) electrons. The quantitative estimate of drug-likeness (QED) is 0.768. The number of halogens is 1. The molecule has 2 aliphatic heterocycles. The fourth-order valence-electron chi connectivity index (χ4n) is 3.36. The number of piperidine rings is 1. The summed E-state index contributed by atoms with van der Waals surface area (Å²) in [6.07, 6.45) is 4.53. The fraction of sp³-hybridized carbons (Fsp3) is 0.533. The van der Waals surface area contributed by atoms with E-state index in [4.69, 9.17) is 0 Å². The number of hydrogen-bond acceptors (Lipinski definition) is 3. The first kappa shape index (κ1) is 14.1. The Bertz CT molecular complexity index is 523. The Balaban J connectivity index is 1.74. The third-order valence-corrected chi connectivity index (χ3v) is 5.42. The molecule has 0 saturated carbocycles. The van der Waals surface area contributed by atoms with Crippen molar-refractivity contribution < 1.29 is 9.90 Å². The molecule has 20 heavy (non-hydrogen) atoms. The van der Waals surface area contributed by atoms with E-state index in [9.17, 15) is 9.90 Å². The van der Waals surface area contributed by atoms with E-state index >= 15 is 0 Å². The predicted octanol–water partition coefficient (Wildman–Crippen LogP) is 2.35. The van der Waals surface area contributed by atoms with Crippen molar-refractivity contribution in [3.8, 4) is 5.75 Å². The second kappa shape index (κ2) is 5.52. The lowest BCUT2D eigenvalue weighted by molar-refractivity contribution is 0.0681. The van der Waals surface area contributed by atoms with Gasteiger partial charge in [-0.3, -0.25) is 4.79 Å². The van der Waals surface area contributed by atoms with Crippen LogP contribution in [0.25, 0.3) is 0 Å². The lowest BCUT2D eigenvalue weighted by atomic mass is 9.98. The summed E-state index contributed by atoms with van der Waals surface area (Å²) in [5.74, 6) is 0.179. The average Bonchev–Trinajstić information content (AvgIpc) is 2.79. The zero-order valence-corrected chi connectivity index (χ0v) is 13.6. The van der Waals surface area contributed by atoms with Gasteiger partial charge in [0.1, 0.15) is 5.75 Å². The molecule has 0 aromatic heterocycles. The first-order chi connectivity index (χ1) is 9.54. The van der Waals surface area contributed by atoms with Crippen molar-refractivity contribution in [2.45, 2.75) is 43.8 Å². The van der Waals surface area contributed by atoms with E-state index in [-0.39, 0.29) is 11.7 Å². The molecule has 4 nitrogen and oxygen atoms in total. The van der Waals surface area contributed by atoms with E-state index in [0.29, 0.717) is 23.7 Å². The van der Waals surface area contributed by atoms with Gasteiger partial charge in [-0.15, -0.1) is 0 Å². The number of fused-ring (bicyclic) bond motifs is 2. The number of benzene rings is 1. The van der Waals surface area contributed by atoms with Crippen LogP contribution in [0.1, 0.15) is 36.0 Å². The van der Waals surface area contributed by atoms with Crippen LogP contribution in [0.3, 0.4) is 0 Å². The first-order valence-electron chi connectivity index (χ1n) is 7.06. The van der Waals surface area contributed by atoms with Crippen LogP contribution in [-0.2, 0) is 0 Å². The smallest absolute Gasteiger partial charge is 0.253 e. The fourth-order valence-corrected chi connectivity index (χ4v) is 3.69. The molecule has 0 spiro atoms. The van der Waals surface area contributed by atoms with Gasteiger partial charge in [0.25, 0.3) is 5.91 Å². The largest absolute Gasteiger partial charge is 0.507 e. The highest BCUT2D eigenvalue weighted by Crippen LogP contribution is 2.30. The van der Waals surface area contributed by atoms with Gasteiger partial charge in [-0.05, 0) is 66.5 Å². The highest BCUT2D eigenvalue weighted by atomic mass is 127. The van der Waals surface area contributed by atoms with Gasteiger partial charge in [-0.25, -0.2) is 0 Å². The molecular formula is C15H19IN2O2. The van der Waals surface area contributed by atoms with Crippen LogP contribution in [0.15, 0.2) is 18.2 Å². The number of phenolic OH excluding ortho intramolecular Hbond substituents is 1. The summed E-state index contributed by atoms with van der Waals surface area (Å²) in [4.78, 5) is 14.4. The van der Waals surface area contributed by atoms with Gasteiger partial charge in [-0.1, -0.05) is 0 Å². The zero-order valence-electron chi connectivity index (χ0n) is 11.5. The van der Waals surface area contributed by atoms with Crippen molar-refractivity contribution >= 4 is 28.5 Å². The van der Waals surface area contributed by atoms with Crippen molar-refractivity contribution in [1.29, 1.82) is 0 Å². The zero-order chi connectivity index (χ0) is 14.3. The molecule has 1 amide bonds. The van der Waals surface area contributed by atoms with Gasteiger partial charge in [0.2, 0.25) is 0 Å². The molecule has 108 valence electrons. The van der Waals surface area contributed by atoms with Gasteiger partial charge >= 0.3 is 0 Å².